The second-order valence-electron chi connectivity index (χ2n) is 9.37. The van der Waals surface area contributed by atoms with Crippen LogP contribution in [-0.2, 0) is 0 Å². The Bertz CT molecular complexity index is 1910. The number of rotatable bonds is 6. The number of aromatic amines is 1. The zero-order valence-electron chi connectivity index (χ0n) is 22.0. The van der Waals surface area contributed by atoms with Crippen molar-refractivity contribution in [1.82, 2.24) is 4.98 Å². The Kier molecular flexibility index (Phi) is 6.43. The lowest BCUT2D eigenvalue weighted by Gasteiger charge is -2.23. The number of H-pyrrole nitrogens is 1. The van der Waals surface area contributed by atoms with Crippen molar-refractivity contribution >= 4 is 32.8 Å². The summed E-state index contributed by atoms with van der Waals surface area (Å²) in [5.41, 5.74) is 1.99. The van der Waals surface area contributed by atoms with Gasteiger partial charge >= 0.3 is 5.63 Å². The Balaban J connectivity index is 1.89. The van der Waals surface area contributed by atoms with E-state index in [1.807, 2.05) is 26.0 Å². The number of phenols is 2. The van der Waals surface area contributed by atoms with Crippen LogP contribution in [0.3, 0.4) is 0 Å². The van der Waals surface area contributed by atoms with Gasteiger partial charge in [-0.15, -0.1) is 0 Å². The van der Waals surface area contributed by atoms with Crippen LogP contribution in [-0.4, -0.2) is 36.5 Å². The molecule has 9 nitrogen and oxygen atoms in total. The van der Waals surface area contributed by atoms with Gasteiger partial charge in [0.15, 0.2) is 11.5 Å². The second-order valence-corrected chi connectivity index (χ2v) is 9.37. The van der Waals surface area contributed by atoms with Gasteiger partial charge in [-0.1, -0.05) is 11.6 Å². The lowest BCUT2D eigenvalue weighted by molar-refractivity contribution is 0.377. The van der Waals surface area contributed by atoms with Crippen molar-refractivity contribution in [3.05, 3.63) is 85.9 Å². The summed E-state index contributed by atoms with van der Waals surface area (Å²) in [4.78, 5) is 28.6. The van der Waals surface area contributed by atoms with E-state index in [0.717, 1.165) is 5.57 Å². The molecule has 0 saturated carbocycles. The Morgan fingerprint density at radius 3 is 2.36 bits per heavy atom. The molecule has 0 aliphatic heterocycles. The average Bonchev–Trinajstić information content (AvgIpc) is 2.90. The summed E-state index contributed by atoms with van der Waals surface area (Å²) in [6, 6.07) is 10.9. The predicted molar refractivity (Wildman–Crippen MR) is 149 cm³/mol. The molecule has 3 aromatic carbocycles. The van der Waals surface area contributed by atoms with Crippen molar-refractivity contribution in [2.75, 3.05) is 21.3 Å². The third-order valence-corrected chi connectivity index (χ3v) is 6.71. The number of hydrogen-bond donors (Lipinski definition) is 3. The van der Waals surface area contributed by atoms with Crippen molar-refractivity contribution in [1.29, 1.82) is 0 Å². The van der Waals surface area contributed by atoms with Crippen molar-refractivity contribution in [3.8, 4) is 28.7 Å². The van der Waals surface area contributed by atoms with Gasteiger partial charge in [-0.3, -0.25) is 4.79 Å². The number of allylic oxidation sites excluding steroid dienone is 2. The molecule has 0 amide bonds. The van der Waals surface area contributed by atoms with Crippen LogP contribution in [0.1, 0.15) is 30.9 Å². The van der Waals surface area contributed by atoms with Crippen LogP contribution in [0.4, 0.5) is 0 Å². The van der Waals surface area contributed by atoms with Crippen LogP contribution in [0.5, 0.6) is 28.7 Å². The lowest BCUT2D eigenvalue weighted by Crippen LogP contribution is -2.10. The molecule has 0 bridgehead atoms. The first kappa shape index (κ1) is 25.7. The molecule has 0 aliphatic carbocycles. The highest BCUT2D eigenvalue weighted by Gasteiger charge is 2.28. The van der Waals surface area contributed by atoms with Crippen LogP contribution < -0.4 is 25.3 Å². The number of fused-ring (bicyclic) bond motifs is 3. The predicted octanol–water partition coefficient (Wildman–Crippen LogP) is 5.32. The fourth-order valence-electron chi connectivity index (χ4n) is 5.01. The summed E-state index contributed by atoms with van der Waals surface area (Å²) in [6.45, 7) is 3.84. The minimum Gasteiger partial charge on any atom is -0.507 e. The first-order valence-electron chi connectivity index (χ1n) is 12.1. The molecular weight excluding hydrogens is 502 g/mol. The number of pyridine rings is 1. The van der Waals surface area contributed by atoms with E-state index in [0.29, 0.717) is 44.6 Å². The first-order chi connectivity index (χ1) is 18.7. The molecule has 2 aromatic heterocycles. The highest BCUT2D eigenvalue weighted by Crippen LogP contribution is 2.46. The van der Waals surface area contributed by atoms with Gasteiger partial charge in [0.1, 0.15) is 22.8 Å². The first-order valence-corrected chi connectivity index (χ1v) is 12.1. The summed E-state index contributed by atoms with van der Waals surface area (Å²) in [5.74, 6) is -0.138. The van der Waals surface area contributed by atoms with E-state index in [4.69, 9.17) is 18.6 Å². The molecule has 1 atom stereocenters. The Morgan fingerprint density at radius 2 is 1.69 bits per heavy atom. The number of aromatic hydroxyl groups is 2. The average molecular weight is 530 g/mol. The summed E-state index contributed by atoms with van der Waals surface area (Å²) in [7, 11) is 4.37. The topological polar surface area (TPSA) is 131 Å². The lowest BCUT2D eigenvalue weighted by atomic mass is 9.86. The maximum absolute atomic E-state index is 13.7. The van der Waals surface area contributed by atoms with Crippen molar-refractivity contribution in [2.45, 2.75) is 19.8 Å². The molecule has 0 fully saturated rings. The molecule has 3 N–H and O–H groups in total. The highest BCUT2D eigenvalue weighted by atomic mass is 16.5. The molecule has 5 aromatic rings. The quantitative estimate of drug-likeness (QED) is 0.153. The van der Waals surface area contributed by atoms with Gasteiger partial charge in [0.25, 0.3) is 0 Å². The van der Waals surface area contributed by atoms with Crippen molar-refractivity contribution in [2.24, 2.45) is 0 Å². The summed E-state index contributed by atoms with van der Waals surface area (Å²) in [6.07, 6.45) is 1.93. The molecule has 39 heavy (non-hydrogen) atoms. The zero-order chi connectivity index (χ0) is 28.0. The zero-order valence-corrected chi connectivity index (χ0v) is 22.0. The van der Waals surface area contributed by atoms with Gasteiger partial charge in [-0.2, -0.15) is 0 Å². The largest absolute Gasteiger partial charge is 0.507 e. The Morgan fingerprint density at radius 1 is 0.949 bits per heavy atom. The normalized spacial score (nSPS) is 12.0. The van der Waals surface area contributed by atoms with E-state index in [1.54, 1.807) is 18.2 Å². The molecule has 200 valence electrons. The van der Waals surface area contributed by atoms with Crippen LogP contribution in [0.25, 0.3) is 32.8 Å². The molecule has 0 saturated heterocycles. The molecule has 0 spiro atoms. The number of phenolic OH excluding ortho intramolecular Hbond substituents is 2. The fourth-order valence-corrected chi connectivity index (χ4v) is 5.01. The summed E-state index contributed by atoms with van der Waals surface area (Å²) >= 11 is 0. The third-order valence-electron chi connectivity index (χ3n) is 6.71. The number of hydrogen-bond acceptors (Lipinski definition) is 8. The van der Waals surface area contributed by atoms with E-state index >= 15 is 0 Å². The number of ether oxygens (including phenoxy) is 3. The van der Waals surface area contributed by atoms with Gasteiger partial charge in [-0.25, -0.2) is 4.79 Å². The van der Waals surface area contributed by atoms with Crippen molar-refractivity contribution in [3.63, 3.8) is 0 Å². The van der Waals surface area contributed by atoms with Crippen LogP contribution in [0, 0.1) is 0 Å². The summed E-state index contributed by atoms with van der Waals surface area (Å²) < 4.78 is 22.1. The highest BCUT2D eigenvalue weighted by molar-refractivity contribution is 6.00. The van der Waals surface area contributed by atoms with Gasteiger partial charge < -0.3 is 33.8 Å². The Labute approximate surface area is 222 Å². The Hall–Kier alpha value is -4.92. The standard InChI is InChI=1S/C30H27NO8/c1-14(2)10-18(17-11-15-6-9-24(33)39-21(15)13-22(17)36-3)25-23(37-4)12-19-26(29(25)35)28(34)16-7-8-20(32)30(38-5)27(16)31-19/h6-13,18,32,35H,1-5H3,(H,31,34). The van der Waals surface area contributed by atoms with E-state index in [9.17, 15) is 19.8 Å². The van der Waals surface area contributed by atoms with Crippen LogP contribution in [0.2, 0.25) is 0 Å². The number of benzene rings is 3. The molecule has 1 unspecified atom stereocenters. The molecule has 2 heterocycles. The number of methoxy groups -OCH3 is 3. The second kappa shape index (κ2) is 9.75. The minimum atomic E-state index is -0.606. The van der Waals surface area contributed by atoms with Crippen LogP contribution in [0.15, 0.2) is 68.1 Å². The SMILES string of the molecule is COc1cc2oc(=O)ccc2cc1C(C=C(C)C)c1c(OC)cc2[nH]c3c(OC)c(O)ccc3c(=O)c2c1O. The van der Waals surface area contributed by atoms with Gasteiger partial charge in [-0.05, 0) is 38.1 Å². The minimum absolute atomic E-state index is 0.0592. The number of aromatic nitrogens is 1. The monoisotopic (exact) mass is 529 g/mol. The fraction of sp³-hybridized carbons (Fsp3) is 0.200. The van der Waals surface area contributed by atoms with E-state index in [2.05, 4.69) is 4.98 Å². The maximum atomic E-state index is 13.7. The smallest absolute Gasteiger partial charge is 0.336 e. The van der Waals surface area contributed by atoms with Gasteiger partial charge in [0.05, 0.1) is 43.1 Å². The van der Waals surface area contributed by atoms with Gasteiger partial charge in [0.2, 0.25) is 5.43 Å². The molecule has 5 rings (SSSR count). The molecular formula is C30H27NO8. The number of nitrogens with one attached hydrogen (secondary N) is 1. The van der Waals surface area contributed by atoms with Crippen molar-refractivity contribution < 1.29 is 28.8 Å². The molecule has 0 aliphatic rings. The van der Waals surface area contributed by atoms with E-state index in [1.165, 1.54) is 39.5 Å². The van der Waals surface area contributed by atoms with E-state index < -0.39 is 17.0 Å². The summed E-state index contributed by atoms with van der Waals surface area (Å²) in [5, 5.41) is 22.9. The van der Waals surface area contributed by atoms with Crippen LogP contribution >= 0.6 is 0 Å². The van der Waals surface area contributed by atoms with Gasteiger partial charge in [0, 0.05) is 40.6 Å². The third kappa shape index (κ3) is 4.21. The van der Waals surface area contributed by atoms with E-state index in [-0.39, 0.29) is 28.0 Å². The molecule has 9 heteroatoms. The maximum Gasteiger partial charge on any atom is 0.336 e. The molecule has 0 radical (unpaired) electrons.